The Kier molecular flexibility index (Phi) is 3.13. The van der Waals surface area contributed by atoms with E-state index < -0.39 is 6.10 Å². The fraction of sp³-hybridized carbons (Fsp3) is 0.550. The van der Waals surface area contributed by atoms with E-state index in [0.717, 1.165) is 42.9 Å². The molecule has 1 aliphatic carbocycles. The quantitative estimate of drug-likeness (QED) is 0.805. The Hall–Kier alpha value is -1.85. The van der Waals surface area contributed by atoms with E-state index in [9.17, 15) is 9.90 Å². The number of benzene rings is 1. The second-order valence-electron chi connectivity index (χ2n) is 7.93. The predicted molar refractivity (Wildman–Crippen MR) is 94.0 cm³/mol. The van der Waals surface area contributed by atoms with Crippen molar-refractivity contribution in [2.24, 2.45) is 11.8 Å². The summed E-state index contributed by atoms with van der Waals surface area (Å²) in [6, 6.07) is 8.83. The van der Waals surface area contributed by atoms with E-state index in [-0.39, 0.29) is 23.2 Å². The summed E-state index contributed by atoms with van der Waals surface area (Å²) in [4.78, 5) is 15.3. The minimum atomic E-state index is -0.442. The highest BCUT2D eigenvalue weighted by molar-refractivity contribution is 5.93. The van der Waals surface area contributed by atoms with Crippen LogP contribution < -0.4 is 5.32 Å². The number of methoxy groups -OCH3 is 1. The van der Waals surface area contributed by atoms with Gasteiger partial charge in [0.2, 0.25) is 0 Å². The summed E-state index contributed by atoms with van der Waals surface area (Å²) < 4.78 is 5.19. The molecule has 2 unspecified atom stereocenters. The first-order valence-electron chi connectivity index (χ1n) is 9.19. The summed E-state index contributed by atoms with van der Waals surface area (Å²) in [7, 11) is 1.46. The van der Waals surface area contributed by atoms with Crippen LogP contribution >= 0.6 is 0 Å². The van der Waals surface area contributed by atoms with Gasteiger partial charge in [0, 0.05) is 35.8 Å². The van der Waals surface area contributed by atoms with E-state index in [2.05, 4.69) is 28.4 Å². The highest BCUT2D eigenvalue weighted by Crippen LogP contribution is 2.61. The van der Waals surface area contributed by atoms with Crippen molar-refractivity contribution in [3.8, 4) is 0 Å². The maximum atomic E-state index is 12.8. The van der Waals surface area contributed by atoms with Crippen molar-refractivity contribution < 1.29 is 14.6 Å². The van der Waals surface area contributed by atoms with Gasteiger partial charge in [-0.1, -0.05) is 18.2 Å². The third kappa shape index (κ3) is 1.78. The zero-order valence-corrected chi connectivity index (χ0v) is 14.7. The van der Waals surface area contributed by atoms with Gasteiger partial charge in [-0.3, -0.25) is 4.90 Å². The molecule has 132 valence electrons. The number of ether oxygens (including phenoxy) is 1. The molecule has 1 spiro atoms. The number of aliphatic hydroxyl groups is 1. The average molecular weight is 340 g/mol. The molecule has 0 saturated carbocycles. The predicted octanol–water partition coefficient (Wildman–Crippen LogP) is 1.88. The summed E-state index contributed by atoms with van der Waals surface area (Å²) in [5.74, 6) is -0.125. The van der Waals surface area contributed by atoms with Crippen LogP contribution in [0.3, 0.4) is 0 Å². The van der Waals surface area contributed by atoms with E-state index in [1.54, 1.807) is 0 Å². The standard InChI is InChI=1S/C20H24N2O3/c1-11(23)13-10-22-8-7-20-14-5-3-4-6-15(14)21-18(20)17(19(24)25-2)12(13)9-16(20)22/h3-6,11-13,16,21,23H,7-10H2,1-2H3/t11?,12-,13-,16-,20?/m0/s1. The van der Waals surface area contributed by atoms with Crippen LogP contribution in [0.4, 0.5) is 5.69 Å². The number of carbonyl (C=O) groups excluding carboxylic acids is 1. The highest BCUT2D eigenvalue weighted by atomic mass is 16.5. The van der Waals surface area contributed by atoms with Crippen molar-refractivity contribution in [2.75, 3.05) is 25.5 Å². The van der Waals surface area contributed by atoms with Crippen LogP contribution in [-0.2, 0) is 14.9 Å². The molecule has 3 aliphatic heterocycles. The number of rotatable bonds is 2. The molecular weight excluding hydrogens is 316 g/mol. The van der Waals surface area contributed by atoms with Crippen LogP contribution in [0.2, 0.25) is 0 Å². The summed E-state index contributed by atoms with van der Waals surface area (Å²) in [6.45, 7) is 3.71. The maximum absolute atomic E-state index is 12.8. The summed E-state index contributed by atoms with van der Waals surface area (Å²) in [6.07, 6.45) is 1.49. The van der Waals surface area contributed by atoms with Crippen molar-refractivity contribution in [2.45, 2.75) is 37.3 Å². The Bertz CT molecular complexity index is 787. The number of nitrogens with one attached hydrogen (secondary N) is 1. The molecule has 2 N–H and O–H groups in total. The number of aliphatic hydroxyl groups excluding tert-OH is 1. The number of nitrogens with zero attached hydrogens (tertiary/aromatic N) is 1. The molecule has 0 amide bonds. The van der Waals surface area contributed by atoms with Gasteiger partial charge in [-0.15, -0.1) is 0 Å². The molecule has 5 heteroatoms. The van der Waals surface area contributed by atoms with Crippen molar-refractivity contribution >= 4 is 11.7 Å². The van der Waals surface area contributed by atoms with Gasteiger partial charge in [-0.2, -0.15) is 0 Å². The van der Waals surface area contributed by atoms with Gasteiger partial charge in [0.15, 0.2) is 0 Å². The second-order valence-corrected chi connectivity index (χ2v) is 7.93. The Morgan fingerprint density at radius 3 is 3.00 bits per heavy atom. The lowest BCUT2D eigenvalue weighted by Gasteiger charge is -2.51. The lowest BCUT2D eigenvalue weighted by atomic mass is 9.60. The third-order valence-corrected chi connectivity index (χ3v) is 7.02. The minimum Gasteiger partial charge on any atom is -0.466 e. The number of esters is 1. The molecule has 2 saturated heterocycles. The zero-order chi connectivity index (χ0) is 17.3. The number of fused-ring (bicyclic) bond motifs is 2. The molecule has 5 atom stereocenters. The monoisotopic (exact) mass is 340 g/mol. The Morgan fingerprint density at radius 2 is 2.24 bits per heavy atom. The zero-order valence-electron chi connectivity index (χ0n) is 14.7. The molecule has 1 aromatic carbocycles. The number of anilines is 1. The van der Waals surface area contributed by atoms with E-state index in [4.69, 9.17) is 4.74 Å². The van der Waals surface area contributed by atoms with E-state index >= 15 is 0 Å². The van der Waals surface area contributed by atoms with Gasteiger partial charge in [0.1, 0.15) is 0 Å². The number of carbonyl (C=O) groups is 1. The normalized spacial score (nSPS) is 36.5. The van der Waals surface area contributed by atoms with Crippen molar-refractivity contribution in [1.29, 1.82) is 0 Å². The van der Waals surface area contributed by atoms with Crippen LogP contribution in [0, 0.1) is 11.8 Å². The molecule has 2 fully saturated rings. The van der Waals surface area contributed by atoms with Crippen molar-refractivity contribution in [1.82, 2.24) is 4.90 Å². The lowest BCUT2D eigenvalue weighted by molar-refractivity contribution is -0.138. The van der Waals surface area contributed by atoms with Crippen molar-refractivity contribution in [3.63, 3.8) is 0 Å². The number of hydrogen-bond donors (Lipinski definition) is 2. The van der Waals surface area contributed by atoms with E-state index in [0.29, 0.717) is 6.04 Å². The Balaban J connectivity index is 1.78. The molecule has 0 radical (unpaired) electrons. The second kappa shape index (κ2) is 5.08. The van der Waals surface area contributed by atoms with Crippen LogP contribution in [0.15, 0.2) is 35.5 Å². The molecule has 1 aromatic rings. The molecule has 3 heterocycles. The lowest BCUT2D eigenvalue weighted by Crippen LogP contribution is -2.57. The SMILES string of the molecule is COC(=O)C1=C2Nc3ccccc3C23CCN2C[C@@H](C(C)O)[C@@H]1C[C@H]23. The molecule has 4 aliphatic rings. The first-order chi connectivity index (χ1) is 12.1. The number of hydrogen-bond acceptors (Lipinski definition) is 5. The first-order valence-corrected chi connectivity index (χ1v) is 9.19. The Labute approximate surface area is 147 Å². The third-order valence-electron chi connectivity index (χ3n) is 7.02. The highest BCUT2D eigenvalue weighted by Gasteiger charge is 2.63. The maximum Gasteiger partial charge on any atom is 0.335 e. The van der Waals surface area contributed by atoms with E-state index in [1.807, 2.05) is 13.0 Å². The van der Waals surface area contributed by atoms with Crippen LogP contribution in [0.5, 0.6) is 0 Å². The number of piperidine rings is 1. The van der Waals surface area contributed by atoms with Gasteiger partial charge in [-0.25, -0.2) is 4.79 Å². The van der Waals surface area contributed by atoms with Gasteiger partial charge < -0.3 is 15.2 Å². The summed E-state index contributed by atoms with van der Waals surface area (Å²) in [5, 5.41) is 14.0. The number of para-hydroxylation sites is 1. The molecule has 0 aromatic heterocycles. The first kappa shape index (κ1) is 15.4. The van der Waals surface area contributed by atoms with Gasteiger partial charge >= 0.3 is 5.97 Å². The molecule has 25 heavy (non-hydrogen) atoms. The smallest absolute Gasteiger partial charge is 0.335 e. The Morgan fingerprint density at radius 1 is 1.44 bits per heavy atom. The van der Waals surface area contributed by atoms with Crippen LogP contribution in [-0.4, -0.2) is 48.3 Å². The van der Waals surface area contributed by atoms with E-state index in [1.165, 1.54) is 12.7 Å². The summed E-state index contributed by atoms with van der Waals surface area (Å²) >= 11 is 0. The van der Waals surface area contributed by atoms with Crippen LogP contribution in [0.25, 0.3) is 0 Å². The molecular formula is C20H24N2O3. The molecule has 2 bridgehead atoms. The fourth-order valence-corrected chi connectivity index (χ4v) is 5.98. The minimum absolute atomic E-state index is 0.0525. The van der Waals surface area contributed by atoms with Gasteiger partial charge in [0.25, 0.3) is 0 Å². The molecule has 5 nitrogen and oxygen atoms in total. The van der Waals surface area contributed by atoms with Crippen molar-refractivity contribution in [3.05, 3.63) is 41.1 Å². The topological polar surface area (TPSA) is 61.8 Å². The van der Waals surface area contributed by atoms with Crippen LogP contribution in [0.1, 0.15) is 25.3 Å². The van der Waals surface area contributed by atoms with Gasteiger partial charge in [-0.05, 0) is 37.9 Å². The largest absolute Gasteiger partial charge is 0.466 e. The average Bonchev–Trinajstić information content (AvgIpc) is 3.17. The fourth-order valence-electron chi connectivity index (χ4n) is 5.98. The van der Waals surface area contributed by atoms with Gasteiger partial charge in [0.05, 0.1) is 24.2 Å². The summed E-state index contributed by atoms with van der Waals surface area (Å²) in [5.41, 5.74) is 4.10. The molecule has 5 rings (SSSR count).